The van der Waals surface area contributed by atoms with Crippen molar-refractivity contribution in [2.75, 3.05) is 0 Å². The lowest BCUT2D eigenvalue weighted by Crippen LogP contribution is -2.10. The number of hydrogen-bond acceptors (Lipinski definition) is 2. The minimum Gasteiger partial charge on any atom is -0.306 e. The highest BCUT2D eigenvalue weighted by molar-refractivity contribution is 6.30. The fourth-order valence-corrected chi connectivity index (χ4v) is 4.16. The number of aryl methyl sites for hydroxylation is 1. The van der Waals surface area contributed by atoms with E-state index in [0.717, 1.165) is 33.5 Å². The number of aromatic amines is 1. The molecule has 0 atom stereocenters. The highest BCUT2D eigenvalue weighted by Gasteiger charge is 2.20. The van der Waals surface area contributed by atoms with Gasteiger partial charge in [0.2, 0.25) is 0 Å². The van der Waals surface area contributed by atoms with Crippen LogP contribution < -0.4 is 5.56 Å². The molecular formula is C26H19ClFN3O. The van der Waals surface area contributed by atoms with E-state index >= 15 is 0 Å². The van der Waals surface area contributed by atoms with Crippen molar-refractivity contribution >= 4 is 17.2 Å². The Morgan fingerprint density at radius 1 is 1.00 bits per heavy atom. The van der Waals surface area contributed by atoms with E-state index in [2.05, 4.69) is 4.98 Å². The molecule has 2 aromatic heterocycles. The zero-order valence-corrected chi connectivity index (χ0v) is 18.0. The number of fused-ring (bicyclic) bond motifs is 1. The van der Waals surface area contributed by atoms with Gasteiger partial charge < -0.3 is 4.98 Å². The quantitative estimate of drug-likeness (QED) is 0.367. The number of nitrogens with one attached hydrogen (secondary N) is 1. The van der Waals surface area contributed by atoms with E-state index in [9.17, 15) is 9.18 Å². The van der Waals surface area contributed by atoms with Gasteiger partial charge in [0.25, 0.3) is 5.56 Å². The summed E-state index contributed by atoms with van der Waals surface area (Å²) in [5.41, 5.74) is 6.08. The number of benzene rings is 3. The first-order valence-electron chi connectivity index (χ1n) is 10.2. The molecule has 0 radical (unpaired) electrons. The van der Waals surface area contributed by atoms with Crippen LogP contribution in [0.2, 0.25) is 5.02 Å². The highest BCUT2D eigenvalue weighted by atomic mass is 35.5. The van der Waals surface area contributed by atoms with E-state index in [-0.39, 0.29) is 11.4 Å². The van der Waals surface area contributed by atoms with Gasteiger partial charge in [-0.3, -0.25) is 4.79 Å². The molecule has 0 aliphatic heterocycles. The standard InChI is InChI=1S/C26H19ClFN3O/c1-16-13-20(28)11-12-21(16)23-15-24(32)29-26-25(18-7-9-19(27)10-8-18)22(30-31(23)26)14-17-5-3-2-4-6-17/h2-13,15H,14H2,1H3,(H,29,32). The molecule has 0 bridgehead atoms. The Kier molecular flexibility index (Phi) is 5.11. The molecule has 5 aromatic rings. The minimum absolute atomic E-state index is 0.252. The van der Waals surface area contributed by atoms with Crippen molar-refractivity contribution in [1.82, 2.24) is 14.6 Å². The largest absolute Gasteiger partial charge is 0.306 e. The monoisotopic (exact) mass is 443 g/mol. The van der Waals surface area contributed by atoms with E-state index < -0.39 is 0 Å². The van der Waals surface area contributed by atoms with Crippen molar-refractivity contribution in [2.24, 2.45) is 0 Å². The van der Waals surface area contributed by atoms with Gasteiger partial charge in [0.15, 0.2) is 0 Å². The van der Waals surface area contributed by atoms with Gasteiger partial charge in [-0.1, -0.05) is 54.1 Å². The van der Waals surface area contributed by atoms with Gasteiger partial charge in [0.1, 0.15) is 11.5 Å². The molecule has 5 rings (SSSR count). The lowest BCUT2D eigenvalue weighted by molar-refractivity contribution is 0.627. The number of H-pyrrole nitrogens is 1. The average Bonchev–Trinajstić information content (AvgIpc) is 3.12. The number of nitrogens with zero attached hydrogens (tertiary/aromatic N) is 2. The van der Waals surface area contributed by atoms with Crippen molar-refractivity contribution in [3.05, 3.63) is 117 Å². The van der Waals surface area contributed by atoms with Crippen LogP contribution in [0.25, 0.3) is 28.0 Å². The van der Waals surface area contributed by atoms with Gasteiger partial charge in [-0.25, -0.2) is 8.91 Å². The first-order chi connectivity index (χ1) is 15.5. The zero-order valence-electron chi connectivity index (χ0n) is 17.3. The second-order valence-corrected chi connectivity index (χ2v) is 8.17. The van der Waals surface area contributed by atoms with Gasteiger partial charge in [-0.15, -0.1) is 0 Å². The van der Waals surface area contributed by atoms with Crippen molar-refractivity contribution in [2.45, 2.75) is 13.3 Å². The molecule has 2 heterocycles. The first kappa shape index (κ1) is 20.2. The van der Waals surface area contributed by atoms with Crippen molar-refractivity contribution < 1.29 is 4.39 Å². The van der Waals surface area contributed by atoms with E-state index in [1.165, 1.54) is 18.2 Å². The molecule has 0 aliphatic carbocycles. The molecule has 0 aliphatic rings. The van der Waals surface area contributed by atoms with Crippen LogP contribution in [0.15, 0.2) is 83.7 Å². The van der Waals surface area contributed by atoms with Crippen molar-refractivity contribution in [3.8, 4) is 22.4 Å². The normalized spacial score (nSPS) is 11.2. The molecule has 6 heteroatoms. The van der Waals surface area contributed by atoms with Gasteiger partial charge in [0, 0.05) is 28.6 Å². The molecule has 32 heavy (non-hydrogen) atoms. The van der Waals surface area contributed by atoms with Crippen molar-refractivity contribution in [1.29, 1.82) is 0 Å². The molecule has 0 saturated carbocycles. The zero-order chi connectivity index (χ0) is 22.2. The van der Waals surface area contributed by atoms with Crippen LogP contribution in [-0.2, 0) is 6.42 Å². The van der Waals surface area contributed by atoms with Gasteiger partial charge in [-0.2, -0.15) is 5.10 Å². The van der Waals surface area contributed by atoms with Gasteiger partial charge in [0.05, 0.1) is 11.4 Å². The topological polar surface area (TPSA) is 50.2 Å². The Balaban J connectivity index is 1.81. The second-order valence-electron chi connectivity index (χ2n) is 7.73. The molecule has 0 unspecified atom stereocenters. The summed E-state index contributed by atoms with van der Waals surface area (Å²) in [5.74, 6) is -0.320. The summed E-state index contributed by atoms with van der Waals surface area (Å²) in [4.78, 5) is 15.6. The molecule has 4 nitrogen and oxygen atoms in total. The minimum atomic E-state index is -0.320. The van der Waals surface area contributed by atoms with E-state index in [1.807, 2.05) is 61.5 Å². The SMILES string of the molecule is Cc1cc(F)ccc1-c1cc(=O)[nH]c2c(-c3ccc(Cl)cc3)c(Cc3ccccc3)nn12. The third-order valence-electron chi connectivity index (χ3n) is 5.51. The summed E-state index contributed by atoms with van der Waals surface area (Å²) >= 11 is 6.11. The number of halogens is 2. The molecule has 158 valence electrons. The smallest absolute Gasteiger partial charge is 0.251 e. The molecular weight excluding hydrogens is 425 g/mol. The first-order valence-corrected chi connectivity index (χ1v) is 10.6. The Morgan fingerprint density at radius 2 is 1.75 bits per heavy atom. The molecule has 0 saturated heterocycles. The number of aromatic nitrogens is 3. The van der Waals surface area contributed by atoms with E-state index in [4.69, 9.17) is 16.7 Å². The summed E-state index contributed by atoms with van der Waals surface area (Å²) in [7, 11) is 0. The van der Waals surface area contributed by atoms with E-state index in [0.29, 0.717) is 22.8 Å². The predicted octanol–water partition coefficient (Wildman–Crippen LogP) is 6.05. The molecule has 0 spiro atoms. The Morgan fingerprint density at radius 3 is 2.47 bits per heavy atom. The van der Waals surface area contributed by atoms with Crippen LogP contribution in [-0.4, -0.2) is 14.6 Å². The molecule has 0 fully saturated rings. The van der Waals surface area contributed by atoms with Crippen LogP contribution in [0.4, 0.5) is 4.39 Å². The lowest BCUT2D eigenvalue weighted by atomic mass is 10.0. The van der Waals surface area contributed by atoms with E-state index in [1.54, 1.807) is 10.6 Å². The Labute approximate surface area is 188 Å². The third kappa shape index (κ3) is 3.72. The fraction of sp³-hybridized carbons (Fsp3) is 0.0769. The summed E-state index contributed by atoms with van der Waals surface area (Å²) in [6, 6.07) is 23.5. The molecule has 1 N–H and O–H groups in total. The van der Waals surface area contributed by atoms with Crippen LogP contribution in [0, 0.1) is 12.7 Å². The third-order valence-corrected chi connectivity index (χ3v) is 5.76. The summed E-state index contributed by atoms with van der Waals surface area (Å²) in [6.07, 6.45) is 0.588. The fourth-order valence-electron chi connectivity index (χ4n) is 4.03. The summed E-state index contributed by atoms with van der Waals surface area (Å²) < 4.78 is 15.5. The van der Waals surface area contributed by atoms with Crippen LogP contribution in [0.5, 0.6) is 0 Å². The summed E-state index contributed by atoms with van der Waals surface area (Å²) in [5, 5.41) is 5.54. The summed E-state index contributed by atoms with van der Waals surface area (Å²) in [6.45, 7) is 1.82. The Bertz CT molecular complexity index is 1490. The van der Waals surface area contributed by atoms with Crippen molar-refractivity contribution in [3.63, 3.8) is 0 Å². The maximum absolute atomic E-state index is 13.7. The number of rotatable bonds is 4. The maximum atomic E-state index is 13.7. The van der Waals surface area contributed by atoms with Crippen LogP contribution in [0.1, 0.15) is 16.8 Å². The van der Waals surface area contributed by atoms with Gasteiger partial charge >= 0.3 is 0 Å². The number of hydrogen-bond donors (Lipinski definition) is 1. The highest BCUT2D eigenvalue weighted by Crippen LogP contribution is 2.32. The lowest BCUT2D eigenvalue weighted by Gasteiger charge is -2.08. The molecule has 0 amide bonds. The van der Waals surface area contributed by atoms with Crippen LogP contribution in [0.3, 0.4) is 0 Å². The Hall–Kier alpha value is -3.70. The van der Waals surface area contributed by atoms with Crippen LogP contribution >= 0.6 is 11.6 Å². The average molecular weight is 444 g/mol. The second kappa shape index (κ2) is 8.09. The maximum Gasteiger partial charge on any atom is 0.251 e. The molecule has 3 aromatic carbocycles. The van der Waals surface area contributed by atoms with Gasteiger partial charge in [-0.05, 0) is 53.9 Å². The predicted molar refractivity (Wildman–Crippen MR) is 126 cm³/mol.